The zero-order valence-electron chi connectivity index (χ0n) is 11.9. The standard InChI is InChI=1S/C14H17FN2O4/c1-9(2)21-11-4-3-10(7-16-11)12(18)17-6-5-14(15,8-17)13(19)20/h3-4,7,9H,5-6,8H2,1-2H3,(H,19,20). The first-order valence-electron chi connectivity index (χ1n) is 6.66. The summed E-state index contributed by atoms with van der Waals surface area (Å²) in [4.78, 5) is 28.2. The van der Waals surface area contributed by atoms with E-state index in [0.29, 0.717) is 5.88 Å². The molecule has 114 valence electrons. The molecule has 1 aliphatic rings. The summed E-state index contributed by atoms with van der Waals surface area (Å²) in [6.45, 7) is 3.35. The predicted octanol–water partition coefficient (Wildman–Crippen LogP) is 1.51. The molecule has 1 aliphatic heterocycles. The van der Waals surface area contributed by atoms with Gasteiger partial charge in [-0.2, -0.15) is 0 Å². The molecule has 1 N–H and O–H groups in total. The third kappa shape index (κ3) is 3.29. The van der Waals surface area contributed by atoms with E-state index in [1.54, 1.807) is 6.07 Å². The molecule has 1 amide bonds. The van der Waals surface area contributed by atoms with Crippen LogP contribution in [0, 0.1) is 0 Å². The predicted molar refractivity (Wildman–Crippen MR) is 72.0 cm³/mol. The van der Waals surface area contributed by atoms with Crippen LogP contribution in [0.3, 0.4) is 0 Å². The Labute approximate surface area is 121 Å². The minimum atomic E-state index is -2.36. The van der Waals surface area contributed by atoms with Crippen molar-refractivity contribution in [3.8, 4) is 5.88 Å². The quantitative estimate of drug-likeness (QED) is 0.911. The first kappa shape index (κ1) is 15.2. The lowest BCUT2D eigenvalue weighted by Crippen LogP contribution is -2.38. The minimum absolute atomic E-state index is 0.0274. The molecule has 21 heavy (non-hydrogen) atoms. The number of aliphatic carboxylic acids is 1. The van der Waals surface area contributed by atoms with Crippen molar-refractivity contribution in [3.05, 3.63) is 23.9 Å². The Morgan fingerprint density at radius 2 is 2.19 bits per heavy atom. The summed E-state index contributed by atoms with van der Waals surface area (Å²) < 4.78 is 19.3. The van der Waals surface area contributed by atoms with Gasteiger partial charge in [0.1, 0.15) is 0 Å². The molecular weight excluding hydrogens is 279 g/mol. The Hall–Kier alpha value is -2.18. The summed E-state index contributed by atoms with van der Waals surface area (Å²) in [7, 11) is 0. The molecule has 1 aromatic rings. The number of amides is 1. The van der Waals surface area contributed by atoms with E-state index in [2.05, 4.69) is 4.98 Å². The van der Waals surface area contributed by atoms with Gasteiger partial charge in [0.25, 0.3) is 5.91 Å². The number of carboxylic acid groups (broad SMARTS) is 1. The number of alkyl halides is 1. The van der Waals surface area contributed by atoms with Gasteiger partial charge in [-0.3, -0.25) is 4.79 Å². The van der Waals surface area contributed by atoms with Crippen LogP contribution in [0.4, 0.5) is 4.39 Å². The normalized spacial score (nSPS) is 21.6. The number of pyridine rings is 1. The largest absolute Gasteiger partial charge is 0.479 e. The fourth-order valence-corrected chi connectivity index (χ4v) is 2.12. The van der Waals surface area contributed by atoms with Gasteiger partial charge in [0.2, 0.25) is 11.5 Å². The number of nitrogens with zero attached hydrogens (tertiary/aromatic N) is 2. The van der Waals surface area contributed by atoms with Crippen molar-refractivity contribution in [2.75, 3.05) is 13.1 Å². The van der Waals surface area contributed by atoms with Gasteiger partial charge in [-0.15, -0.1) is 0 Å². The molecule has 2 rings (SSSR count). The van der Waals surface area contributed by atoms with Crippen molar-refractivity contribution in [2.24, 2.45) is 0 Å². The van der Waals surface area contributed by atoms with Crippen molar-refractivity contribution >= 4 is 11.9 Å². The van der Waals surface area contributed by atoms with Gasteiger partial charge < -0.3 is 14.7 Å². The van der Waals surface area contributed by atoms with Crippen LogP contribution in [0.25, 0.3) is 0 Å². The second-order valence-electron chi connectivity index (χ2n) is 5.30. The number of hydrogen-bond acceptors (Lipinski definition) is 4. The Balaban J connectivity index is 2.06. The summed E-state index contributed by atoms with van der Waals surface area (Å²) >= 11 is 0. The van der Waals surface area contributed by atoms with Crippen molar-refractivity contribution in [1.82, 2.24) is 9.88 Å². The lowest BCUT2D eigenvalue weighted by atomic mass is 10.1. The summed E-state index contributed by atoms with van der Waals surface area (Å²) in [6, 6.07) is 3.09. The zero-order valence-corrected chi connectivity index (χ0v) is 11.9. The highest BCUT2D eigenvalue weighted by atomic mass is 19.1. The van der Waals surface area contributed by atoms with Gasteiger partial charge in [0.15, 0.2) is 0 Å². The molecule has 2 heterocycles. The second kappa shape index (κ2) is 5.67. The summed E-state index contributed by atoms with van der Waals surface area (Å²) in [5.41, 5.74) is -2.08. The summed E-state index contributed by atoms with van der Waals surface area (Å²) in [5, 5.41) is 8.82. The lowest BCUT2D eigenvalue weighted by Gasteiger charge is -2.17. The number of aromatic nitrogens is 1. The second-order valence-corrected chi connectivity index (χ2v) is 5.30. The van der Waals surface area contributed by atoms with Crippen molar-refractivity contribution in [1.29, 1.82) is 0 Å². The molecule has 1 atom stereocenters. The molecular formula is C14H17FN2O4. The smallest absolute Gasteiger partial charge is 0.343 e. The summed E-state index contributed by atoms with van der Waals surface area (Å²) in [6.07, 6.45) is 1.12. The number of carboxylic acids is 1. The topological polar surface area (TPSA) is 79.7 Å². The molecule has 0 radical (unpaired) electrons. The highest BCUT2D eigenvalue weighted by Crippen LogP contribution is 2.27. The number of halogens is 1. The van der Waals surface area contributed by atoms with Crippen LogP contribution in [-0.4, -0.2) is 51.7 Å². The molecule has 1 saturated heterocycles. The Kier molecular flexibility index (Phi) is 4.11. The van der Waals surface area contributed by atoms with Crippen molar-refractivity contribution in [3.63, 3.8) is 0 Å². The van der Waals surface area contributed by atoms with Crippen LogP contribution >= 0.6 is 0 Å². The Bertz CT molecular complexity index is 546. The SMILES string of the molecule is CC(C)Oc1ccc(C(=O)N2CCC(F)(C(=O)O)C2)cn1. The molecule has 1 fully saturated rings. The van der Waals surface area contributed by atoms with E-state index in [4.69, 9.17) is 9.84 Å². The highest BCUT2D eigenvalue weighted by molar-refractivity contribution is 5.95. The maximum absolute atomic E-state index is 13.9. The third-order valence-electron chi connectivity index (χ3n) is 3.23. The first-order chi connectivity index (χ1) is 9.82. The average Bonchev–Trinajstić information content (AvgIpc) is 2.82. The Morgan fingerprint density at radius 1 is 1.48 bits per heavy atom. The number of carbonyl (C=O) groups is 2. The van der Waals surface area contributed by atoms with E-state index in [1.165, 1.54) is 17.2 Å². The number of hydrogen-bond donors (Lipinski definition) is 1. The fourth-order valence-electron chi connectivity index (χ4n) is 2.12. The van der Waals surface area contributed by atoms with Gasteiger partial charge >= 0.3 is 5.97 Å². The van der Waals surface area contributed by atoms with E-state index in [1.807, 2.05) is 13.8 Å². The maximum atomic E-state index is 13.9. The number of ether oxygens (including phenoxy) is 1. The van der Waals surface area contributed by atoms with Gasteiger partial charge in [-0.05, 0) is 19.9 Å². The molecule has 0 spiro atoms. The van der Waals surface area contributed by atoms with Gasteiger partial charge in [0.05, 0.1) is 18.2 Å². The molecule has 7 heteroatoms. The molecule has 1 aromatic heterocycles. The fraction of sp³-hybridized carbons (Fsp3) is 0.500. The first-order valence-corrected chi connectivity index (χ1v) is 6.66. The summed E-state index contributed by atoms with van der Waals surface area (Å²) in [5.74, 6) is -1.57. The average molecular weight is 296 g/mol. The van der Waals surface area contributed by atoms with E-state index in [0.717, 1.165) is 0 Å². The van der Waals surface area contributed by atoms with Gasteiger partial charge in [-0.1, -0.05) is 0 Å². The molecule has 6 nitrogen and oxygen atoms in total. The number of rotatable bonds is 4. The molecule has 0 saturated carbocycles. The maximum Gasteiger partial charge on any atom is 0.343 e. The number of likely N-dealkylation sites (tertiary alicyclic amines) is 1. The third-order valence-corrected chi connectivity index (χ3v) is 3.23. The van der Waals surface area contributed by atoms with Crippen LogP contribution in [0.5, 0.6) is 5.88 Å². The van der Waals surface area contributed by atoms with E-state index < -0.39 is 24.1 Å². The van der Waals surface area contributed by atoms with Crippen LogP contribution in [-0.2, 0) is 4.79 Å². The molecule has 1 unspecified atom stereocenters. The van der Waals surface area contributed by atoms with E-state index in [-0.39, 0.29) is 24.6 Å². The Morgan fingerprint density at radius 3 is 2.67 bits per heavy atom. The van der Waals surface area contributed by atoms with E-state index in [9.17, 15) is 14.0 Å². The van der Waals surface area contributed by atoms with Gasteiger partial charge in [0, 0.05) is 25.2 Å². The zero-order chi connectivity index (χ0) is 15.6. The van der Waals surface area contributed by atoms with Crippen LogP contribution < -0.4 is 4.74 Å². The highest BCUT2D eigenvalue weighted by Gasteiger charge is 2.47. The molecule has 0 aliphatic carbocycles. The molecule has 0 aromatic carbocycles. The van der Waals surface area contributed by atoms with Gasteiger partial charge in [-0.25, -0.2) is 14.2 Å². The van der Waals surface area contributed by atoms with Crippen LogP contribution in [0.15, 0.2) is 18.3 Å². The monoisotopic (exact) mass is 296 g/mol. The van der Waals surface area contributed by atoms with Crippen LogP contribution in [0.2, 0.25) is 0 Å². The molecule has 0 bridgehead atoms. The van der Waals surface area contributed by atoms with Crippen molar-refractivity contribution in [2.45, 2.75) is 32.0 Å². The minimum Gasteiger partial charge on any atom is -0.479 e. The van der Waals surface area contributed by atoms with Crippen LogP contribution in [0.1, 0.15) is 30.6 Å². The van der Waals surface area contributed by atoms with Crippen molar-refractivity contribution < 1.29 is 23.8 Å². The van der Waals surface area contributed by atoms with E-state index >= 15 is 0 Å². The lowest BCUT2D eigenvalue weighted by molar-refractivity contribution is -0.149. The number of carbonyl (C=O) groups excluding carboxylic acids is 1.